The quantitative estimate of drug-likeness (QED) is 0.711. The van der Waals surface area contributed by atoms with E-state index in [1.54, 1.807) is 6.33 Å². The normalized spacial score (nSPS) is 19.9. The number of likely N-dealkylation sites (tertiary alicyclic amines) is 1. The van der Waals surface area contributed by atoms with Gasteiger partial charge >= 0.3 is 0 Å². The summed E-state index contributed by atoms with van der Waals surface area (Å²) in [5, 5.41) is 9.32. The summed E-state index contributed by atoms with van der Waals surface area (Å²) in [5.41, 5.74) is 5.35. The Labute approximate surface area is 153 Å². The highest BCUT2D eigenvalue weighted by Gasteiger charge is 2.29. The monoisotopic (exact) mass is 348 g/mol. The summed E-state index contributed by atoms with van der Waals surface area (Å²) in [5.74, 6) is 0. The highest BCUT2D eigenvalue weighted by molar-refractivity contribution is 5.39. The highest BCUT2D eigenvalue weighted by atomic mass is 15.3. The Kier molecular flexibility index (Phi) is 4.05. The molecule has 1 atom stereocenters. The van der Waals surface area contributed by atoms with Crippen LogP contribution in [0.4, 0.5) is 0 Å². The van der Waals surface area contributed by atoms with Gasteiger partial charge in [-0.3, -0.25) is 9.58 Å². The lowest BCUT2D eigenvalue weighted by molar-refractivity contribution is 0.216. The summed E-state index contributed by atoms with van der Waals surface area (Å²) in [6.45, 7) is 3.01. The Morgan fingerprint density at radius 2 is 2.00 bits per heavy atom. The van der Waals surface area contributed by atoms with Crippen LogP contribution < -0.4 is 0 Å². The first-order valence-corrected chi connectivity index (χ1v) is 9.60. The molecule has 26 heavy (non-hydrogen) atoms. The van der Waals surface area contributed by atoms with Crippen LogP contribution in [0.3, 0.4) is 0 Å². The molecular formula is C20H24N6. The fraction of sp³-hybridized carbons (Fsp3) is 0.450. The van der Waals surface area contributed by atoms with E-state index in [4.69, 9.17) is 5.10 Å². The first-order chi connectivity index (χ1) is 12.9. The number of fused-ring (bicyclic) bond motifs is 1. The molecule has 1 aliphatic carbocycles. The number of rotatable bonds is 5. The highest BCUT2D eigenvalue weighted by Crippen LogP contribution is 2.30. The second kappa shape index (κ2) is 6.68. The molecule has 5 rings (SSSR count). The van der Waals surface area contributed by atoms with Crippen LogP contribution in [0.25, 0.3) is 5.69 Å². The van der Waals surface area contributed by atoms with Crippen molar-refractivity contribution in [2.24, 2.45) is 0 Å². The average molecular weight is 348 g/mol. The minimum Gasteiger partial charge on any atom is -0.293 e. The third-order valence-corrected chi connectivity index (χ3v) is 5.73. The van der Waals surface area contributed by atoms with Crippen LogP contribution in [-0.4, -0.2) is 42.0 Å². The Morgan fingerprint density at radius 3 is 2.85 bits per heavy atom. The number of para-hydroxylation sites is 1. The van der Waals surface area contributed by atoms with Crippen LogP contribution >= 0.6 is 0 Å². The maximum absolute atomic E-state index is 5.04. The molecular weight excluding hydrogens is 324 g/mol. The second-order valence-corrected chi connectivity index (χ2v) is 7.36. The summed E-state index contributed by atoms with van der Waals surface area (Å²) in [4.78, 5) is 6.66. The molecule has 0 radical (unpaired) electrons. The summed E-state index contributed by atoms with van der Waals surface area (Å²) < 4.78 is 4.14. The van der Waals surface area contributed by atoms with Gasteiger partial charge in [-0.2, -0.15) is 10.2 Å². The summed E-state index contributed by atoms with van der Waals surface area (Å²) in [6.07, 6.45) is 9.46. The number of benzene rings is 1. The molecule has 6 nitrogen and oxygen atoms in total. The van der Waals surface area contributed by atoms with Crippen molar-refractivity contribution in [1.29, 1.82) is 0 Å². The summed E-state index contributed by atoms with van der Waals surface area (Å²) >= 11 is 0. The number of aromatic nitrogens is 5. The topological polar surface area (TPSA) is 51.8 Å². The van der Waals surface area contributed by atoms with E-state index in [-0.39, 0.29) is 0 Å². The standard InChI is InChI=1S/C20H24N6/c1-2-6-16(7-3-1)26-20-10-4-9-18(20)19(23-26)13-24-11-5-8-17(24)12-25-15-21-14-22-25/h1-3,6-7,14-15,17H,4-5,8-13H2. The first kappa shape index (κ1) is 15.8. The molecule has 2 aliphatic rings. The molecule has 1 unspecified atom stereocenters. The van der Waals surface area contributed by atoms with E-state index in [2.05, 4.69) is 50.0 Å². The van der Waals surface area contributed by atoms with Crippen molar-refractivity contribution >= 4 is 0 Å². The van der Waals surface area contributed by atoms with Crippen molar-refractivity contribution in [1.82, 2.24) is 29.4 Å². The van der Waals surface area contributed by atoms with E-state index in [9.17, 15) is 0 Å². The van der Waals surface area contributed by atoms with E-state index < -0.39 is 0 Å². The molecule has 1 aromatic carbocycles. The Bertz CT molecular complexity index is 867. The van der Waals surface area contributed by atoms with Gasteiger partial charge in [0.05, 0.1) is 17.9 Å². The van der Waals surface area contributed by atoms with E-state index in [0.717, 1.165) is 26.1 Å². The molecule has 0 saturated carbocycles. The molecule has 0 spiro atoms. The van der Waals surface area contributed by atoms with Crippen LogP contribution in [-0.2, 0) is 25.9 Å². The van der Waals surface area contributed by atoms with Crippen LogP contribution in [0.1, 0.15) is 36.2 Å². The maximum Gasteiger partial charge on any atom is 0.137 e. The predicted octanol–water partition coefficient (Wildman–Crippen LogP) is 2.62. The fourth-order valence-electron chi connectivity index (χ4n) is 4.47. The van der Waals surface area contributed by atoms with Crippen molar-refractivity contribution in [3.05, 3.63) is 59.9 Å². The minimum absolute atomic E-state index is 0.524. The zero-order valence-electron chi connectivity index (χ0n) is 15.0. The van der Waals surface area contributed by atoms with Crippen molar-refractivity contribution in [2.75, 3.05) is 6.54 Å². The van der Waals surface area contributed by atoms with Gasteiger partial charge in [-0.05, 0) is 56.3 Å². The third-order valence-electron chi connectivity index (χ3n) is 5.73. The van der Waals surface area contributed by atoms with Gasteiger partial charge in [0, 0.05) is 18.3 Å². The van der Waals surface area contributed by atoms with Crippen LogP contribution in [0.15, 0.2) is 43.0 Å². The molecule has 2 aromatic heterocycles. The first-order valence-electron chi connectivity index (χ1n) is 9.60. The minimum atomic E-state index is 0.524. The lowest BCUT2D eigenvalue weighted by Gasteiger charge is -2.23. The molecule has 6 heteroatoms. The van der Waals surface area contributed by atoms with Gasteiger partial charge in [-0.1, -0.05) is 18.2 Å². The van der Waals surface area contributed by atoms with Crippen molar-refractivity contribution < 1.29 is 0 Å². The molecule has 1 aliphatic heterocycles. The van der Waals surface area contributed by atoms with Crippen LogP contribution in [0.2, 0.25) is 0 Å². The molecule has 3 aromatic rings. The molecule has 0 N–H and O–H groups in total. The SMILES string of the molecule is c1ccc(-n2nc(CN3CCCC3Cn3cncn3)c3c2CCC3)cc1. The molecule has 0 bridgehead atoms. The van der Waals surface area contributed by atoms with Gasteiger partial charge < -0.3 is 0 Å². The van der Waals surface area contributed by atoms with E-state index >= 15 is 0 Å². The Morgan fingerprint density at radius 1 is 1.08 bits per heavy atom. The smallest absolute Gasteiger partial charge is 0.137 e. The molecule has 3 heterocycles. The third kappa shape index (κ3) is 2.84. The predicted molar refractivity (Wildman–Crippen MR) is 99.0 cm³/mol. The van der Waals surface area contributed by atoms with Gasteiger partial charge in [0.15, 0.2) is 0 Å². The maximum atomic E-state index is 5.04. The second-order valence-electron chi connectivity index (χ2n) is 7.36. The zero-order chi connectivity index (χ0) is 17.3. The van der Waals surface area contributed by atoms with Gasteiger partial charge in [0.1, 0.15) is 12.7 Å². The van der Waals surface area contributed by atoms with E-state index in [0.29, 0.717) is 6.04 Å². The average Bonchev–Trinajstić information content (AvgIpc) is 3.44. The van der Waals surface area contributed by atoms with Crippen molar-refractivity contribution in [2.45, 2.75) is 51.2 Å². The molecule has 0 amide bonds. The fourth-order valence-corrected chi connectivity index (χ4v) is 4.47. The van der Waals surface area contributed by atoms with E-state index in [1.807, 2.05) is 11.0 Å². The summed E-state index contributed by atoms with van der Waals surface area (Å²) in [7, 11) is 0. The van der Waals surface area contributed by atoms with Gasteiger partial charge in [-0.25, -0.2) is 9.67 Å². The number of hydrogen-bond acceptors (Lipinski definition) is 4. The lowest BCUT2D eigenvalue weighted by Crippen LogP contribution is -2.33. The van der Waals surface area contributed by atoms with Crippen molar-refractivity contribution in [3.8, 4) is 5.69 Å². The lowest BCUT2D eigenvalue weighted by atomic mass is 10.1. The van der Waals surface area contributed by atoms with Crippen molar-refractivity contribution in [3.63, 3.8) is 0 Å². The van der Waals surface area contributed by atoms with Crippen LogP contribution in [0, 0.1) is 0 Å². The van der Waals surface area contributed by atoms with Gasteiger partial charge in [0.2, 0.25) is 0 Å². The zero-order valence-corrected chi connectivity index (χ0v) is 15.0. The largest absolute Gasteiger partial charge is 0.293 e. The Hall–Kier alpha value is -2.47. The van der Waals surface area contributed by atoms with Gasteiger partial charge in [0.25, 0.3) is 0 Å². The van der Waals surface area contributed by atoms with E-state index in [1.165, 1.54) is 48.3 Å². The molecule has 1 saturated heterocycles. The van der Waals surface area contributed by atoms with Crippen LogP contribution in [0.5, 0.6) is 0 Å². The van der Waals surface area contributed by atoms with Gasteiger partial charge in [-0.15, -0.1) is 0 Å². The Balaban J connectivity index is 1.40. The summed E-state index contributed by atoms with van der Waals surface area (Å²) in [6, 6.07) is 11.1. The molecule has 134 valence electrons. The molecule has 1 fully saturated rings. The number of hydrogen-bond donors (Lipinski definition) is 0. The number of nitrogens with zero attached hydrogens (tertiary/aromatic N) is 6.